The zero-order valence-corrected chi connectivity index (χ0v) is 16.2. The van der Waals surface area contributed by atoms with Gasteiger partial charge in [-0.05, 0) is 89.9 Å². The second-order valence-corrected chi connectivity index (χ2v) is 5.66. The van der Waals surface area contributed by atoms with Gasteiger partial charge in [-0.1, -0.05) is 32.1 Å². The molecule has 0 spiro atoms. The minimum atomic E-state index is 0. The van der Waals surface area contributed by atoms with Crippen molar-refractivity contribution in [2.75, 3.05) is 0 Å². The molecule has 117 valence electrons. The molecule has 3 aliphatic rings. The predicted molar refractivity (Wildman–Crippen MR) is 92.4 cm³/mol. The van der Waals surface area contributed by atoms with Gasteiger partial charge in [0.25, 0.3) is 0 Å². The molecule has 0 unspecified atom stereocenters. The van der Waals surface area contributed by atoms with Gasteiger partial charge in [0.05, 0.1) is 0 Å². The Kier molecular flexibility index (Phi) is 16.0. The Morgan fingerprint density at radius 3 is 1.64 bits per heavy atom. The smallest absolute Gasteiger partial charge is 0 e. The van der Waals surface area contributed by atoms with Crippen molar-refractivity contribution in [3.63, 3.8) is 0 Å². The van der Waals surface area contributed by atoms with Crippen LogP contribution in [-0.4, -0.2) is 0 Å². The molecule has 0 aromatic carbocycles. The summed E-state index contributed by atoms with van der Waals surface area (Å²) in [7, 11) is 0. The maximum absolute atomic E-state index is 4.15. The fourth-order valence-electron chi connectivity index (χ4n) is 2.42. The molecule has 13 radical (unpaired) electrons. The van der Waals surface area contributed by atoms with Gasteiger partial charge in [0.15, 0.2) is 0 Å². The van der Waals surface area contributed by atoms with Gasteiger partial charge in [-0.25, -0.2) is 0 Å². The van der Waals surface area contributed by atoms with Crippen molar-refractivity contribution in [1.82, 2.24) is 0 Å². The minimum absolute atomic E-state index is 0. The number of hydrogen-bond acceptors (Lipinski definition) is 0. The van der Waals surface area contributed by atoms with Gasteiger partial charge in [-0.3, -0.25) is 0 Å². The summed E-state index contributed by atoms with van der Waals surface area (Å²) >= 11 is 0. The van der Waals surface area contributed by atoms with Crippen LogP contribution in [0.25, 0.3) is 0 Å². The quantitative estimate of drug-likeness (QED) is 0.591. The molecule has 0 heterocycles. The number of rotatable bonds is 3. The summed E-state index contributed by atoms with van der Waals surface area (Å²) in [5.41, 5.74) is 0. The van der Waals surface area contributed by atoms with E-state index in [-0.39, 0.29) is 26.2 Å². The predicted octanol–water partition coefficient (Wildman–Crippen LogP) is 5.30. The van der Waals surface area contributed by atoms with Crippen molar-refractivity contribution < 1.29 is 26.2 Å². The molecule has 0 amide bonds. The maximum Gasteiger partial charge on any atom is 0 e. The largest absolute Gasteiger partial charge is 0.340 e. The van der Waals surface area contributed by atoms with Gasteiger partial charge in [0.2, 0.25) is 0 Å². The first-order valence-electron chi connectivity index (χ1n) is 7.85. The third-order valence-corrected chi connectivity index (χ3v) is 3.70. The molecule has 1 heteroatoms. The second-order valence-electron chi connectivity index (χ2n) is 5.66. The average molecular weight is 372 g/mol. The fourth-order valence-corrected chi connectivity index (χ4v) is 2.42. The van der Waals surface area contributed by atoms with Gasteiger partial charge in [0, 0.05) is 26.2 Å². The molecule has 0 nitrogen and oxygen atoms in total. The fraction of sp³-hybridized carbons (Fsp3) is 0.333. The summed E-state index contributed by atoms with van der Waals surface area (Å²) in [4.78, 5) is 0. The van der Waals surface area contributed by atoms with Crippen LogP contribution in [0, 0.1) is 102 Å². The van der Waals surface area contributed by atoms with Gasteiger partial charge in [-0.15, -0.1) is 0 Å². The first-order valence-corrected chi connectivity index (χ1v) is 7.85. The summed E-state index contributed by atoms with van der Waals surface area (Å²) in [6, 6.07) is 0. The zero-order valence-electron chi connectivity index (χ0n) is 13.7. The van der Waals surface area contributed by atoms with E-state index in [4.69, 9.17) is 0 Å². The van der Waals surface area contributed by atoms with Crippen molar-refractivity contribution in [1.29, 1.82) is 0 Å². The molecule has 3 rings (SSSR count). The molecule has 0 aromatic rings. The van der Waals surface area contributed by atoms with Gasteiger partial charge >= 0.3 is 0 Å². The van der Waals surface area contributed by atoms with Crippen LogP contribution in [0.4, 0.5) is 0 Å². The van der Waals surface area contributed by atoms with Crippen molar-refractivity contribution in [2.24, 2.45) is 11.8 Å². The topological polar surface area (TPSA) is 0 Å². The third kappa shape index (κ3) is 12.3. The summed E-state index contributed by atoms with van der Waals surface area (Å²) in [6.45, 7) is 10.1. The maximum atomic E-state index is 4.15. The molecule has 3 aliphatic carbocycles. The van der Waals surface area contributed by atoms with Gasteiger partial charge in [0.1, 0.15) is 0 Å². The molecule has 3 saturated carbocycles. The van der Waals surface area contributed by atoms with Crippen LogP contribution in [0.2, 0.25) is 0 Å². The van der Waals surface area contributed by atoms with E-state index in [2.05, 4.69) is 27.2 Å². The Morgan fingerprint density at radius 1 is 0.955 bits per heavy atom. The van der Waals surface area contributed by atoms with E-state index < -0.39 is 0 Å². The summed E-state index contributed by atoms with van der Waals surface area (Å²) < 4.78 is 0. The molecule has 3 fully saturated rings. The van der Waals surface area contributed by atoms with E-state index in [9.17, 15) is 0 Å². The van der Waals surface area contributed by atoms with Crippen molar-refractivity contribution in [3.05, 3.63) is 90.4 Å². The van der Waals surface area contributed by atoms with Crippen molar-refractivity contribution in [3.8, 4) is 0 Å². The van der Waals surface area contributed by atoms with Crippen LogP contribution in [0.5, 0.6) is 0 Å². The van der Waals surface area contributed by atoms with Crippen LogP contribution in [0.3, 0.4) is 0 Å². The molecule has 0 aromatic heterocycles. The molecule has 22 heavy (non-hydrogen) atoms. The van der Waals surface area contributed by atoms with Crippen LogP contribution >= 0.6 is 0 Å². The SMILES string of the molecule is [CH2][C](C)[CH]C[C@@H]1CCC[C@H]1[CH2-].[CH]1[CH][CH][CH][CH]1.[CH]1[CH][CH][CH][CH]1.[Zr]. The molecule has 2 atom stereocenters. The normalized spacial score (nSPS) is 26.7. The Balaban J connectivity index is 0.000000334. The first-order chi connectivity index (χ1) is 10.2. The van der Waals surface area contributed by atoms with Crippen LogP contribution in [0.1, 0.15) is 32.6 Å². The van der Waals surface area contributed by atoms with E-state index in [1.165, 1.54) is 31.6 Å². The number of hydrogen-bond donors (Lipinski definition) is 0. The van der Waals surface area contributed by atoms with Gasteiger partial charge < -0.3 is 6.92 Å². The monoisotopic (exact) mass is 370 g/mol. The molecule has 0 N–H and O–H groups in total. The summed E-state index contributed by atoms with van der Waals surface area (Å²) in [6.07, 6.45) is 27.5. The zero-order chi connectivity index (χ0) is 15.3. The molecular weight excluding hydrogens is 343 g/mol. The Labute approximate surface area is 160 Å². The Hall–Kier alpha value is 0.883. The van der Waals surface area contributed by atoms with E-state index in [0.717, 1.165) is 5.92 Å². The molecule has 0 saturated heterocycles. The van der Waals surface area contributed by atoms with Crippen molar-refractivity contribution >= 4 is 0 Å². The van der Waals surface area contributed by atoms with Crippen molar-refractivity contribution in [2.45, 2.75) is 32.6 Å². The van der Waals surface area contributed by atoms with Crippen LogP contribution in [-0.2, 0) is 26.2 Å². The van der Waals surface area contributed by atoms with E-state index in [0.29, 0.717) is 5.92 Å². The second kappa shape index (κ2) is 15.4. The summed E-state index contributed by atoms with van der Waals surface area (Å²) in [5.74, 6) is 2.74. The van der Waals surface area contributed by atoms with E-state index in [1.54, 1.807) is 0 Å². The third-order valence-electron chi connectivity index (χ3n) is 3.70. The van der Waals surface area contributed by atoms with E-state index in [1.807, 2.05) is 64.2 Å². The van der Waals surface area contributed by atoms with E-state index >= 15 is 0 Å². The van der Waals surface area contributed by atoms with Crippen LogP contribution < -0.4 is 0 Å². The first kappa shape index (κ1) is 22.9. The minimum Gasteiger partial charge on any atom is -0.340 e. The standard InChI is InChI=1S/C11H18.2C5H5.Zr/c1-9(2)7-8-11-6-4-5-10(11)3;2*1-2-4-5-3-1;/h7,10-11H,1,3-6,8H2,2H3;2*1-5H;/q-1;;;/t10-,11+;;;/m1.../s1. The van der Waals surface area contributed by atoms with Crippen LogP contribution in [0.15, 0.2) is 0 Å². The average Bonchev–Trinajstić information content (AvgIpc) is 3.23. The Morgan fingerprint density at radius 2 is 1.36 bits per heavy atom. The molecule has 0 bridgehead atoms. The Bertz CT molecular complexity index is 191. The summed E-state index contributed by atoms with van der Waals surface area (Å²) in [5, 5.41) is 0. The molecule has 0 aliphatic heterocycles. The van der Waals surface area contributed by atoms with Gasteiger partial charge in [-0.2, -0.15) is 5.92 Å². The molecular formula is C21H28Zr-.